The molecule has 1 aromatic carbocycles. The molecule has 0 unspecified atom stereocenters. The van der Waals surface area contributed by atoms with Crippen LogP contribution in [0.4, 0.5) is 13.2 Å². The summed E-state index contributed by atoms with van der Waals surface area (Å²) in [5.74, 6) is -2.01. The maximum Gasteiger partial charge on any atom is 0.274 e. The lowest BCUT2D eigenvalue weighted by atomic mass is 10.1. The molecule has 0 radical (unpaired) electrons. The monoisotopic (exact) mass is 368 g/mol. The molecule has 1 aromatic heterocycles. The van der Waals surface area contributed by atoms with Crippen molar-refractivity contribution in [1.82, 2.24) is 9.47 Å². The predicted octanol–water partition coefficient (Wildman–Crippen LogP) is 1.99. The highest BCUT2D eigenvalue weighted by atomic mass is 19.3. The summed E-state index contributed by atoms with van der Waals surface area (Å²) in [6.45, 7) is -0.433. The number of carbonyl (C=O) groups excluding carboxylic acids is 1. The summed E-state index contributed by atoms with van der Waals surface area (Å²) in [6, 6.07) is 6.44. The highest BCUT2D eigenvalue weighted by molar-refractivity contribution is 5.96. The molecule has 1 amide bonds. The Morgan fingerprint density at radius 1 is 1.15 bits per heavy atom. The standard InChI is InChI=1S/C17H15F3N2O4/c18-11-3-1-10(2-4-11)8-21-5-6-22-14(26-9-13(19)20)7-12(23)16(24)15(22)17(21)25/h1-4,7,13,24H,5-6,8-9H2. The number of amides is 1. The highest BCUT2D eigenvalue weighted by Gasteiger charge is 2.30. The number of aromatic hydroxyl groups is 1. The van der Waals surface area contributed by atoms with Gasteiger partial charge < -0.3 is 19.3 Å². The van der Waals surface area contributed by atoms with Crippen molar-refractivity contribution in [2.45, 2.75) is 19.5 Å². The molecule has 0 bridgehead atoms. The van der Waals surface area contributed by atoms with Gasteiger partial charge >= 0.3 is 0 Å². The number of alkyl halides is 2. The van der Waals surface area contributed by atoms with E-state index in [0.29, 0.717) is 5.56 Å². The molecule has 0 spiro atoms. The largest absolute Gasteiger partial charge is 0.503 e. The number of rotatable bonds is 5. The first-order valence-electron chi connectivity index (χ1n) is 7.78. The number of hydrogen-bond acceptors (Lipinski definition) is 4. The van der Waals surface area contributed by atoms with Gasteiger partial charge in [-0.3, -0.25) is 9.59 Å². The van der Waals surface area contributed by atoms with Crippen molar-refractivity contribution in [3.8, 4) is 11.6 Å². The zero-order valence-electron chi connectivity index (χ0n) is 13.5. The first kappa shape index (κ1) is 17.8. The first-order chi connectivity index (χ1) is 12.4. The number of fused-ring (bicyclic) bond motifs is 1. The van der Waals surface area contributed by atoms with Crippen LogP contribution in [0.3, 0.4) is 0 Å². The Labute approximate surface area is 146 Å². The van der Waals surface area contributed by atoms with Crippen molar-refractivity contribution in [1.29, 1.82) is 0 Å². The quantitative estimate of drug-likeness (QED) is 0.876. The van der Waals surface area contributed by atoms with Crippen LogP contribution in [0, 0.1) is 5.82 Å². The molecule has 0 saturated heterocycles. The van der Waals surface area contributed by atoms with Crippen molar-refractivity contribution in [2.75, 3.05) is 13.2 Å². The second-order valence-electron chi connectivity index (χ2n) is 5.75. The average Bonchev–Trinajstić information content (AvgIpc) is 2.60. The van der Waals surface area contributed by atoms with Gasteiger partial charge in [-0.1, -0.05) is 12.1 Å². The normalized spacial score (nSPS) is 13.8. The Morgan fingerprint density at radius 2 is 1.85 bits per heavy atom. The van der Waals surface area contributed by atoms with Gasteiger partial charge in [0.1, 0.15) is 5.82 Å². The van der Waals surface area contributed by atoms with Crippen LogP contribution < -0.4 is 10.2 Å². The third-order valence-electron chi connectivity index (χ3n) is 3.98. The summed E-state index contributed by atoms with van der Waals surface area (Å²) in [7, 11) is 0. The van der Waals surface area contributed by atoms with Crippen LogP contribution in [0.5, 0.6) is 11.6 Å². The Kier molecular flexibility index (Phi) is 4.88. The summed E-state index contributed by atoms with van der Waals surface area (Å²) in [4.78, 5) is 25.9. The molecule has 1 aliphatic rings. The Morgan fingerprint density at radius 3 is 2.50 bits per heavy atom. The number of ether oxygens (including phenoxy) is 1. The number of benzene rings is 1. The SMILES string of the molecule is O=C1c2c(O)c(=O)cc(OCC(F)F)n2CCN1Cc1ccc(F)cc1. The molecule has 6 nitrogen and oxygen atoms in total. The first-order valence-corrected chi connectivity index (χ1v) is 7.78. The van der Waals surface area contributed by atoms with E-state index in [2.05, 4.69) is 0 Å². The van der Waals surface area contributed by atoms with Gasteiger partial charge in [0, 0.05) is 25.7 Å². The van der Waals surface area contributed by atoms with E-state index in [1.165, 1.54) is 33.7 Å². The molecule has 2 aromatic rings. The molecule has 0 aliphatic carbocycles. The maximum absolute atomic E-state index is 13.0. The molecule has 0 saturated carbocycles. The molecule has 9 heteroatoms. The van der Waals surface area contributed by atoms with Gasteiger partial charge in [-0.2, -0.15) is 0 Å². The minimum Gasteiger partial charge on any atom is -0.503 e. The van der Waals surface area contributed by atoms with Crippen LogP contribution in [0.25, 0.3) is 0 Å². The zero-order valence-corrected chi connectivity index (χ0v) is 13.5. The Bertz CT molecular complexity index is 881. The molecule has 1 N–H and O–H groups in total. The van der Waals surface area contributed by atoms with Crippen LogP contribution in [-0.2, 0) is 13.1 Å². The minimum absolute atomic E-state index is 0.147. The number of nitrogens with zero attached hydrogens (tertiary/aromatic N) is 2. The van der Waals surface area contributed by atoms with Crippen molar-refractivity contribution in [2.24, 2.45) is 0 Å². The predicted molar refractivity (Wildman–Crippen MR) is 85.0 cm³/mol. The smallest absolute Gasteiger partial charge is 0.274 e. The van der Waals surface area contributed by atoms with E-state index in [4.69, 9.17) is 4.74 Å². The molecule has 138 valence electrons. The number of aromatic nitrogens is 1. The van der Waals surface area contributed by atoms with E-state index < -0.39 is 35.9 Å². The fraction of sp³-hybridized carbons (Fsp3) is 0.294. The molecule has 0 fully saturated rings. The van der Waals surface area contributed by atoms with Gasteiger partial charge in [0.05, 0.1) is 0 Å². The van der Waals surface area contributed by atoms with E-state index in [1.807, 2.05) is 0 Å². The maximum atomic E-state index is 13.0. The van der Waals surface area contributed by atoms with Crippen molar-refractivity contribution < 1.29 is 27.8 Å². The lowest BCUT2D eigenvalue weighted by Crippen LogP contribution is -2.41. The molecular weight excluding hydrogens is 353 g/mol. The van der Waals surface area contributed by atoms with Crippen LogP contribution >= 0.6 is 0 Å². The molecule has 3 rings (SSSR count). The fourth-order valence-electron chi connectivity index (χ4n) is 2.75. The zero-order chi connectivity index (χ0) is 18.8. The number of pyridine rings is 1. The van der Waals surface area contributed by atoms with Crippen molar-refractivity contribution >= 4 is 5.91 Å². The second kappa shape index (κ2) is 7.11. The lowest BCUT2D eigenvalue weighted by molar-refractivity contribution is 0.0635. The van der Waals surface area contributed by atoms with Crippen LogP contribution in [-0.4, -0.2) is 40.1 Å². The third kappa shape index (κ3) is 3.51. The second-order valence-corrected chi connectivity index (χ2v) is 5.75. The van der Waals surface area contributed by atoms with E-state index >= 15 is 0 Å². The van der Waals surface area contributed by atoms with Crippen molar-refractivity contribution in [3.05, 3.63) is 57.6 Å². The summed E-state index contributed by atoms with van der Waals surface area (Å²) in [6.07, 6.45) is -2.75. The van der Waals surface area contributed by atoms with Gasteiger partial charge in [-0.25, -0.2) is 13.2 Å². The topological polar surface area (TPSA) is 71.8 Å². The molecule has 2 heterocycles. The molecule has 26 heavy (non-hydrogen) atoms. The fourth-order valence-corrected chi connectivity index (χ4v) is 2.75. The summed E-state index contributed by atoms with van der Waals surface area (Å²) in [5, 5.41) is 10.0. The number of halogens is 3. The number of hydrogen-bond donors (Lipinski definition) is 1. The van der Waals surface area contributed by atoms with E-state index in [-0.39, 0.29) is 31.2 Å². The summed E-state index contributed by atoms with van der Waals surface area (Å²) < 4.78 is 43.9. The van der Waals surface area contributed by atoms with E-state index in [0.717, 1.165) is 6.07 Å². The van der Waals surface area contributed by atoms with E-state index in [1.54, 1.807) is 0 Å². The summed E-state index contributed by atoms with van der Waals surface area (Å²) in [5.41, 5.74) is -0.534. The van der Waals surface area contributed by atoms with Crippen LogP contribution in [0.15, 0.2) is 35.1 Å². The van der Waals surface area contributed by atoms with Crippen molar-refractivity contribution in [3.63, 3.8) is 0 Å². The lowest BCUT2D eigenvalue weighted by Gasteiger charge is -2.31. The molecule has 0 atom stereocenters. The van der Waals surface area contributed by atoms with Gasteiger partial charge in [0.2, 0.25) is 5.43 Å². The Hall–Kier alpha value is -2.97. The molecular formula is C17H15F3N2O4. The molecule has 1 aliphatic heterocycles. The van der Waals surface area contributed by atoms with Gasteiger partial charge in [-0.05, 0) is 17.7 Å². The third-order valence-corrected chi connectivity index (χ3v) is 3.98. The summed E-state index contributed by atoms with van der Waals surface area (Å²) >= 11 is 0. The average molecular weight is 368 g/mol. The highest BCUT2D eigenvalue weighted by Crippen LogP contribution is 2.26. The van der Waals surface area contributed by atoms with Gasteiger partial charge in [0.25, 0.3) is 12.3 Å². The van der Waals surface area contributed by atoms with E-state index in [9.17, 15) is 27.9 Å². The minimum atomic E-state index is -2.75. The van der Waals surface area contributed by atoms with Crippen LogP contribution in [0.1, 0.15) is 16.1 Å². The number of carbonyl (C=O) groups is 1. The Balaban J connectivity index is 1.91. The van der Waals surface area contributed by atoms with Gasteiger partial charge in [0.15, 0.2) is 23.9 Å². The van der Waals surface area contributed by atoms with Crippen LogP contribution in [0.2, 0.25) is 0 Å². The van der Waals surface area contributed by atoms with Gasteiger partial charge in [-0.15, -0.1) is 0 Å².